The number of nitrogens with two attached hydrogens (primary N) is 2. The molecular formula is C15H16N4. The first-order valence-electron chi connectivity index (χ1n) is 6.09. The van der Waals surface area contributed by atoms with Crippen LogP contribution in [0.3, 0.4) is 0 Å². The van der Waals surface area contributed by atoms with E-state index in [1.54, 1.807) is 0 Å². The SMILES string of the molecule is C=Nc1ccc2c(c1)C(N)(N)c1cc(NC)ccc1-2. The Bertz CT molecular complexity index is 674. The highest BCUT2D eigenvalue weighted by Crippen LogP contribution is 2.45. The number of nitrogens with zero attached hydrogens (tertiary/aromatic N) is 1. The van der Waals surface area contributed by atoms with Gasteiger partial charge >= 0.3 is 0 Å². The fourth-order valence-corrected chi connectivity index (χ4v) is 2.63. The van der Waals surface area contributed by atoms with Crippen molar-refractivity contribution in [3.05, 3.63) is 47.5 Å². The van der Waals surface area contributed by atoms with Crippen LogP contribution in [0.4, 0.5) is 11.4 Å². The van der Waals surface area contributed by atoms with E-state index in [0.717, 1.165) is 33.6 Å². The monoisotopic (exact) mass is 252 g/mol. The van der Waals surface area contributed by atoms with Gasteiger partial charge in [-0.1, -0.05) is 12.1 Å². The number of fused-ring (bicyclic) bond motifs is 3. The van der Waals surface area contributed by atoms with Crippen LogP contribution in [-0.4, -0.2) is 13.8 Å². The molecule has 0 unspecified atom stereocenters. The lowest BCUT2D eigenvalue weighted by molar-refractivity contribution is 0.584. The van der Waals surface area contributed by atoms with Crippen LogP contribution in [0.25, 0.3) is 11.1 Å². The van der Waals surface area contributed by atoms with Crippen molar-refractivity contribution in [1.29, 1.82) is 0 Å². The molecule has 0 atom stereocenters. The van der Waals surface area contributed by atoms with E-state index in [2.05, 4.69) is 17.0 Å². The van der Waals surface area contributed by atoms with Gasteiger partial charge in [0.1, 0.15) is 5.66 Å². The van der Waals surface area contributed by atoms with E-state index in [-0.39, 0.29) is 0 Å². The summed E-state index contributed by atoms with van der Waals surface area (Å²) >= 11 is 0. The summed E-state index contributed by atoms with van der Waals surface area (Å²) in [5, 5.41) is 3.10. The molecule has 4 heteroatoms. The summed E-state index contributed by atoms with van der Waals surface area (Å²) < 4.78 is 0. The van der Waals surface area contributed by atoms with E-state index in [9.17, 15) is 0 Å². The van der Waals surface area contributed by atoms with Crippen LogP contribution in [0.15, 0.2) is 41.4 Å². The summed E-state index contributed by atoms with van der Waals surface area (Å²) in [7, 11) is 1.87. The number of hydrogen-bond acceptors (Lipinski definition) is 4. The van der Waals surface area contributed by atoms with E-state index in [1.807, 2.05) is 43.4 Å². The molecule has 0 heterocycles. The minimum absolute atomic E-state index is 0.778. The van der Waals surface area contributed by atoms with Crippen molar-refractivity contribution in [3.8, 4) is 11.1 Å². The third-order valence-corrected chi connectivity index (χ3v) is 3.68. The maximum absolute atomic E-state index is 6.34. The summed E-state index contributed by atoms with van der Waals surface area (Å²) in [6, 6.07) is 11.9. The molecule has 4 nitrogen and oxygen atoms in total. The second-order valence-corrected chi connectivity index (χ2v) is 4.77. The van der Waals surface area contributed by atoms with Crippen LogP contribution in [0.1, 0.15) is 11.1 Å². The number of anilines is 1. The summed E-state index contributed by atoms with van der Waals surface area (Å²) in [6.07, 6.45) is 0. The molecule has 19 heavy (non-hydrogen) atoms. The van der Waals surface area contributed by atoms with Crippen LogP contribution < -0.4 is 16.8 Å². The first-order valence-corrected chi connectivity index (χ1v) is 6.09. The molecular weight excluding hydrogens is 236 g/mol. The fourth-order valence-electron chi connectivity index (χ4n) is 2.63. The number of aliphatic imine (C=N–C) groups is 1. The fraction of sp³-hybridized carbons (Fsp3) is 0.133. The Kier molecular flexibility index (Phi) is 2.45. The first-order chi connectivity index (χ1) is 9.07. The van der Waals surface area contributed by atoms with Gasteiger partial charge in [0.15, 0.2) is 0 Å². The van der Waals surface area contributed by atoms with Gasteiger partial charge in [-0.15, -0.1) is 0 Å². The zero-order valence-electron chi connectivity index (χ0n) is 10.8. The smallest absolute Gasteiger partial charge is 0.118 e. The van der Waals surface area contributed by atoms with Gasteiger partial charge in [-0.2, -0.15) is 0 Å². The van der Waals surface area contributed by atoms with E-state index in [0.29, 0.717) is 0 Å². The first kappa shape index (κ1) is 11.9. The molecule has 96 valence electrons. The maximum Gasteiger partial charge on any atom is 0.118 e. The molecule has 2 aromatic rings. The molecule has 0 fully saturated rings. The number of nitrogens with one attached hydrogen (secondary N) is 1. The quantitative estimate of drug-likeness (QED) is 0.566. The van der Waals surface area contributed by atoms with Crippen LogP contribution in [0.2, 0.25) is 0 Å². The molecule has 0 bridgehead atoms. The lowest BCUT2D eigenvalue weighted by atomic mass is 9.98. The van der Waals surface area contributed by atoms with Crippen molar-refractivity contribution in [3.63, 3.8) is 0 Å². The van der Waals surface area contributed by atoms with E-state index in [1.165, 1.54) is 0 Å². The van der Waals surface area contributed by atoms with Crippen molar-refractivity contribution in [2.24, 2.45) is 16.5 Å². The van der Waals surface area contributed by atoms with E-state index >= 15 is 0 Å². The van der Waals surface area contributed by atoms with Gasteiger partial charge in [0.05, 0.1) is 5.69 Å². The number of hydrogen-bond donors (Lipinski definition) is 3. The van der Waals surface area contributed by atoms with Gasteiger partial charge in [0, 0.05) is 23.9 Å². The van der Waals surface area contributed by atoms with Crippen LogP contribution >= 0.6 is 0 Å². The van der Waals surface area contributed by atoms with Gasteiger partial charge in [-0.3, -0.25) is 4.99 Å². The highest BCUT2D eigenvalue weighted by Gasteiger charge is 2.37. The number of rotatable bonds is 2. The third-order valence-electron chi connectivity index (χ3n) is 3.68. The molecule has 0 radical (unpaired) electrons. The van der Waals surface area contributed by atoms with Crippen LogP contribution in [0, 0.1) is 0 Å². The molecule has 0 spiro atoms. The molecule has 0 amide bonds. The van der Waals surface area contributed by atoms with Crippen LogP contribution in [0.5, 0.6) is 0 Å². The molecule has 0 saturated heterocycles. The average Bonchev–Trinajstić information content (AvgIpc) is 2.67. The molecule has 1 aliphatic carbocycles. The summed E-state index contributed by atoms with van der Waals surface area (Å²) in [4.78, 5) is 3.94. The minimum Gasteiger partial charge on any atom is -0.388 e. The highest BCUT2D eigenvalue weighted by atomic mass is 15.0. The lowest BCUT2D eigenvalue weighted by Gasteiger charge is -2.22. The van der Waals surface area contributed by atoms with Crippen molar-refractivity contribution in [2.45, 2.75) is 5.66 Å². The van der Waals surface area contributed by atoms with Crippen molar-refractivity contribution < 1.29 is 0 Å². The Hall–Kier alpha value is -2.17. The molecule has 2 aromatic carbocycles. The molecule has 0 aromatic heterocycles. The molecule has 1 aliphatic rings. The molecule has 3 rings (SSSR count). The minimum atomic E-state index is -0.988. The Morgan fingerprint density at radius 2 is 1.68 bits per heavy atom. The molecule has 5 N–H and O–H groups in total. The van der Waals surface area contributed by atoms with Gasteiger partial charge in [0.25, 0.3) is 0 Å². The van der Waals surface area contributed by atoms with Gasteiger partial charge in [-0.25, -0.2) is 0 Å². The van der Waals surface area contributed by atoms with Gasteiger partial charge < -0.3 is 16.8 Å². The summed E-state index contributed by atoms with van der Waals surface area (Å²) in [6.45, 7) is 3.54. The largest absolute Gasteiger partial charge is 0.388 e. The lowest BCUT2D eigenvalue weighted by Crippen LogP contribution is -2.45. The number of benzene rings is 2. The second kappa shape index (κ2) is 3.91. The predicted octanol–water partition coefficient (Wildman–Crippen LogP) is 2.16. The van der Waals surface area contributed by atoms with Crippen molar-refractivity contribution >= 4 is 18.1 Å². The molecule has 0 aliphatic heterocycles. The van der Waals surface area contributed by atoms with Crippen molar-refractivity contribution in [2.75, 3.05) is 12.4 Å². The Morgan fingerprint density at radius 3 is 2.32 bits per heavy atom. The topological polar surface area (TPSA) is 76.4 Å². The third kappa shape index (κ3) is 1.58. The van der Waals surface area contributed by atoms with Crippen LogP contribution in [-0.2, 0) is 5.66 Å². The van der Waals surface area contributed by atoms with E-state index < -0.39 is 5.66 Å². The van der Waals surface area contributed by atoms with Gasteiger partial charge in [-0.05, 0) is 42.1 Å². The van der Waals surface area contributed by atoms with Gasteiger partial charge in [0.2, 0.25) is 0 Å². The predicted molar refractivity (Wildman–Crippen MR) is 79.8 cm³/mol. The zero-order valence-corrected chi connectivity index (χ0v) is 10.8. The summed E-state index contributed by atoms with van der Waals surface area (Å²) in [5.74, 6) is 0. The van der Waals surface area contributed by atoms with E-state index in [4.69, 9.17) is 11.5 Å². The molecule has 0 saturated carbocycles. The second-order valence-electron chi connectivity index (χ2n) is 4.77. The Labute approximate surface area is 112 Å². The normalized spacial score (nSPS) is 14.7. The summed E-state index contributed by atoms with van der Waals surface area (Å²) in [5.41, 5.74) is 17.4. The standard InChI is InChI=1S/C15H16N4/c1-18-9-3-5-11-12-6-4-10(19-2)8-14(12)15(16,17)13(11)7-9/h3-8,19H,1,16-17H2,2H3. The van der Waals surface area contributed by atoms with Crippen molar-refractivity contribution in [1.82, 2.24) is 0 Å². The highest BCUT2D eigenvalue weighted by molar-refractivity contribution is 5.83. The maximum atomic E-state index is 6.34. The Morgan fingerprint density at radius 1 is 1.05 bits per heavy atom. The Balaban J connectivity index is 2.28. The average molecular weight is 252 g/mol. The zero-order chi connectivity index (χ0) is 13.6.